The lowest BCUT2D eigenvalue weighted by molar-refractivity contribution is -0.111. The molecule has 0 saturated carbocycles. The maximum Gasteiger partial charge on any atom is 0.272 e. The van der Waals surface area contributed by atoms with Gasteiger partial charge in [-0.1, -0.05) is 18.2 Å². The molecule has 25 heavy (non-hydrogen) atoms. The summed E-state index contributed by atoms with van der Waals surface area (Å²) in [5, 5.41) is 13.1. The molecule has 2 aromatic heterocycles. The van der Waals surface area contributed by atoms with Gasteiger partial charge in [0.2, 0.25) is 5.91 Å². The number of hydrogen-bond acceptors (Lipinski definition) is 4. The molecule has 0 aliphatic carbocycles. The standard InChI is InChI=1S/C17H14ClN5O2/c1-3-15(24)21-11-5-9(4-10(18)6-11)13-7-12-14(8-20-13)22-23-16(12)17(25)19-2/h3-8H,1H2,2H3,(H,19,25)(H,21,24)(H,22,23). The van der Waals surface area contributed by atoms with Crippen LogP contribution in [0.1, 0.15) is 10.5 Å². The fourth-order valence-electron chi connectivity index (χ4n) is 2.37. The summed E-state index contributed by atoms with van der Waals surface area (Å²) in [5.41, 5.74) is 2.73. The van der Waals surface area contributed by atoms with Crippen LogP contribution in [0.3, 0.4) is 0 Å². The zero-order valence-electron chi connectivity index (χ0n) is 13.3. The third-order valence-corrected chi connectivity index (χ3v) is 3.75. The van der Waals surface area contributed by atoms with Gasteiger partial charge in [-0.15, -0.1) is 0 Å². The lowest BCUT2D eigenvalue weighted by atomic mass is 10.1. The Morgan fingerprint density at radius 1 is 1.28 bits per heavy atom. The number of amides is 2. The number of H-pyrrole nitrogens is 1. The van der Waals surface area contributed by atoms with Gasteiger partial charge in [-0.2, -0.15) is 5.10 Å². The Balaban J connectivity index is 2.08. The normalized spacial score (nSPS) is 10.5. The summed E-state index contributed by atoms with van der Waals surface area (Å²) < 4.78 is 0. The number of pyridine rings is 1. The third-order valence-electron chi connectivity index (χ3n) is 3.54. The van der Waals surface area contributed by atoms with E-state index < -0.39 is 0 Å². The van der Waals surface area contributed by atoms with Crippen molar-refractivity contribution in [3.8, 4) is 11.3 Å². The van der Waals surface area contributed by atoms with E-state index in [1.165, 1.54) is 13.1 Å². The summed E-state index contributed by atoms with van der Waals surface area (Å²) in [6.45, 7) is 3.42. The Morgan fingerprint density at radius 3 is 2.80 bits per heavy atom. The molecule has 7 nitrogen and oxygen atoms in total. The van der Waals surface area contributed by atoms with E-state index in [2.05, 4.69) is 32.4 Å². The van der Waals surface area contributed by atoms with Gasteiger partial charge in [0.15, 0.2) is 5.69 Å². The van der Waals surface area contributed by atoms with Crippen molar-refractivity contribution in [1.82, 2.24) is 20.5 Å². The fraction of sp³-hybridized carbons (Fsp3) is 0.0588. The summed E-state index contributed by atoms with van der Waals surface area (Å²) in [6.07, 6.45) is 2.76. The maximum absolute atomic E-state index is 11.9. The maximum atomic E-state index is 11.9. The highest BCUT2D eigenvalue weighted by Gasteiger charge is 2.14. The van der Waals surface area contributed by atoms with Crippen molar-refractivity contribution >= 4 is 40.0 Å². The summed E-state index contributed by atoms with van der Waals surface area (Å²) in [4.78, 5) is 27.8. The molecule has 0 spiro atoms. The van der Waals surface area contributed by atoms with Gasteiger partial charge in [-0.05, 0) is 30.3 Å². The van der Waals surface area contributed by atoms with Gasteiger partial charge in [-0.25, -0.2) is 0 Å². The number of rotatable bonds is 4. The second-order valence-electron chi connectivity index (χ2n) is 5.19. The molecule has 8 heteroatoms. The average Bonchev–Trinajstić information content (AvgIpc) is 3.03. The number of fused-ring (bicyclic) bond motifs is 1. The SMILES string of the molecule is C=CC(=O)Nc1cc(Cl)cc(-c2cc3c(C(=O)NC)n[nH]c3cn2)c1. The Labute approximate surface area is 148 Å². The van der Waals surface area contributed by atoms with E-state index >= 15 is 0 Å². The first kappa shape index (κ1) is 16.7. The Kier molecular flexibility index (Phi) is 4.49. The first-order valence-electron chi connectivity index (χ1n) is 7.32. The molecular weight excluding hydrogens is 342 g/mol. The lowest BCUT2D eigenvalue weighted by Gasteiger charge is -2.07. The van der Waals surface area contributed by atoms with Crippen molar-refractivity contribution in [2.75, 3.05) is 12.4 Å². The molecule has 3 rings (SSSR count). The van der Waals surface area contributed by atoms with Crippen molar-refractivity contribution in [2.24, 2.45) is 0 Å². The van der Waals surface area contributed by atoms with Crippen LogP contribution in [0, 0.1) is 0 Å². The summed E-state index contributed by atoms with van der Waals surface area (Å²) in [5.74, 6) is -0.637. The van der Waals surface area contributed by atoms with Crippen molar-refractivity contribution in [3.63, 3.8) is 0 Å². The number of carbonyl (C=O) groups is 2. The molecule has 1 aromatic carbocycles. The number of benzene rings is 1. The number of nitrogens with zero attached hydrogens (tertiary/aromatic N) is 2. The van der Waals surface area contributed by atoms with E-state index in [1.807, 2.05) is 0 Å². The predicted molar refractivity (Wildman–Crippen MR) is 96.6 cm³/mol. The lowest BCUT2D eigenvalue weighted by Crippen LogP contribution is -2.18. The predicted octanol–water partition coefficient (Wildman–Crippen LogP) is 2.76. The second-order valence-corrected chi connectivity index (χ2v) is 5.62. The van der Waals surface area contributed by atoms with Crippen LogP contribution < -0.4 is 10.6 Å². The topological polar surface area (TPSA) is 99.8 Å². The molecule has 126 valence electrons. The molecule has 0 atom stereocenters. The molecular formula is C17H14ClN5O2. The number of carbonyl (C=O) groups excluding carboxylic acids is 2. The Bertz CT molecular complexity index is 996. The van der Waals surface area contributed by atoms with Gasteiger partial charge in [-0.3, -0.25) is 19.7 Å². The summed E-state index contributed by atoms with van der Waals surface area (Å²) in [7, 11) is 1.54. The number of nitrogens with one attached hydrogen (secondary N) is 3. The molecule has 0 fully saturated rings. The van der Waals surface area contributed by atoms with E-state index in [0.717, 1.165) is 0 Å². The number of aromatic nitrogens is 3. The van der Waals surface area contributed by atoms with E-state index in [1.54, 1.807) is 30.5 Å². The zero-order chi connectivity index (χ0) is 18.0. The van der Waals surface area contributed by atoms with Gasteiger partial charge in [0.1, 0.15) is 0 Å². The average molecular weight is 356 g/mol. The molecule has 3 N–H and O–H groups in total. The molecule has 0 saturated heterocycles. The number of anilines is 1. The number of halogens is 1. The minimum absolute atomic E-state index is 0.281. The highest BCUT2D eigenvalue weighted by atomic mass is 35.5. The number of aromatic amines is 1. The smallest absolute Gasteiger partial charge is 0.272 e. The molecule has 0 unspecified atom stereocenters. The molecule has 0 aliphatic heterocycles. The van der Waals surface area contributed by atoms with Gasteiger partial charge >= 0.3 is 0 Å². The van der Waals surface area contributed by atoms with Crippen LogP contribution in [0.25, 0.3) is 22.2 Å². The van der Waals surface area contributed by atoms with Crippen LogP contribution in [-0.4, -0.2) is 34.0 Å². The second kappa shape index (κ2) is 6.74. The van der Waals surface area contributed by atoms with Crippen LogP contribution in [0.2, 0.25) is 5.02 Å². The van der Waals surface area contributed by atoms with Crippen molar-refractivity contribution in [1.29, 1.82) is 0 Å². The molecule has 0 bridgehead atoms. The van der Waals surface area contributed by atoms with Gasteiger partial charge in [0, 0.05) is 28.7 Å². The summed E-state index contributed by atoms with van der Waals surface area (Å²) >= 11 is 6.14. The monoisotopic (exact) mass is 355 g/mol. The quantitative estimate of drug-likeness (QED) is 0.626. The largest absolute Gasteiger partial charge is 0.354 e. The molecule has 0 aliphatic rings. The zero-order valence-corrected chi connectivity index (χ0v) is 14.0. The van der Waals surface area contributed by atoms with E-state index in [0.29, 0.717) is 32.9 Å². The van der Waals surface area contributed by atoms with Crippen LogP contribution in [0.5, 0.6) is 0 Å². The first-order chi connectivity index (χ1) is 12.0. The van der Waals surface area contributed by atoms with Gasteiger partial charge in [0.05, 0.1) is 17.4 Å². The van der Waals surface area contributed by atoms with Gasteiger partial charge in [0.25, 0.3) is 5.91 Å². The van der Waals surface area contributed by atoms with Crippen LogP contribution >= 0.6 is 11.6 Å². The molecule has 3 aromatic rings. The molecule has 2 amide bonds. The van der Waals surface area contributed by atoms with Crippen LogP contribution in [0.4, 0.5) is 5.69 Å². The van der Waals surface area contributed by atoms with Crippen molar-refractivity contribution in [2.45, 2.75) is 0 Å². The summed E-state index contributed by atoms with van der Waals surface area (Å²) in [6, 6.07) is 6.83. The Morgan fingerprint density at radius 2 is 2.08 bits per heavy atom. The van der Waals surface area contributed by atoms with Crippen LogP contribution in [0.15, 0.2) is 43.1 Å². The molecule has 0 radical (unpaired) electrons. The fourth-order valence-corrected chi connectivity index (χ4v) is 2.60. The van der Waals surface area contributed by atoms with E-state index in [4.69, 9.17) is 11.6 Å². The van der Waals surface area contributed by atoms with Gasteiger partial charge < -0.3 is 10.6 Å². The van der Waals surface area contributed by atoms with Crippen molar-refractivity contribution < 1.29 is 9.59 Å². The minimum Gasteiger partial charge on any atom is -0.354 e. The first-order valence-corrected chi connectivity index (χ1v) is 7.70. The Hall–Kier alpha value is -3.19. The van der Waals surface area contributed by atoms with E-state index in [9.17, 15) is 9.59 Å². The molecule has 2 heterocycles. The van der Waals surface area contributed by atoms with Crippen LogP contribution in [-0.2, 0) is 4.79 Å². The highest BCUT2D eigenvalue weighted by molar-refractivity contribution is 6.31. The third kappa shape index (κ3) is 3.36. The highest BCUT2D eigenvalue weighted by Crippen LogP contribution is 2.28. The number of hydrogen-bond donors (Lipinski definition) is 3. The van der Waals surface area contributed by atoms with Crippen molar-refractivity contribution in [3.05, 3.63) is 53.8 Å². The van der Waals surface area contributed by atoms with E-state index in [-0.39, 0.29) is 17.5 Å². The minimum atomic E-state index is -0.339.